The van der Waals surface area contributed by atoms with Crippen LogP contribution in [0.25, 0.3) is 0 Å². The number of hydrogen-bond acceptors (Lipinski definition) is 1. The van der Waals surface area contributed by atoms with Gasteiger partial charge in [-0.2, -0.15) is 0 Å². The average molecular weight is 196 g/mol. The van der Waals surface area contributed by atoms with Crippen molar-refractivity contribution in [2.24, 2.45) is 17.8 Å². The fourth-order valence-electron chi connectivity index (χ4n) is 2.40. The summed E-state index contributed by atoms with van der Waals surface area (Å²) in [5, 5.41) is 0. The van der Waals surface area contributed by atoms with Gasteiger partial charge in [0, 0.05) is 12.3 Å². The van der Waals surface area contributed by atoms with Crippen LogP contribution in [0.1, 0.15) is 59.3 Å². The second-order valence-corrected chi connectivity index (χ2v) is 5.04. The third-order valence-corrected chi connectivity index (χ3v) is 4.03. The fraction of sp³-hybridized carbons (Fsp3) is 0.923. The van der Waals surface area contributed by atoms with Gasteiger partial charge in [0.2, 0.25) is 0 Å². The molecule has 0 aliphatic heterocycles. The molecule has 3 atom stereocenters. The first-order chi connectivity index (χ1) is 6.63. The fourth-order valence-corrected chi connectivity index (χ4v) is 2.40. The highest BCUT2D eigenvalue weighted by molar-refractivity contribution is 5.80. The molecular weight excluding hydrogens is 172 g/mol. The number of Topliss-reactive ketones (excluding diaryl/α,β-unsaturated/α-hetero) is 1. The van der Waals surface area contributed by atoms with Gasteiger partial charge < -0.3 is 0 Å². The van der Waals surface area contributed by atoms with Gasteiger partial charge in [0.05, 0.1) is 0 Å². The molecule has 1 aliphatic carbocycles. The van der Waals surface area contributed by atoms with Crippen LogP contribution in [0.3, 0.4) is 0 Å². The Bertz CT molecular complexity index is 186. The van der Waals surface area contributed by atoms with Crippen LogP contribution in [0.4, 0.5) is 0 Å². The van der Waals surface area contributed by atoms with Gasteiger partial charge in [-0.05, 0) is 18.3 Å². The molecule has 0 spiro atoms. The van der Waals surface area contributed by atoms with E-state index in [0.29, 0.717) is 17.6 Å². The maximum absolute atomic E-state index is 11.8. The van der Waals surface area contributed by atoms with Gasteiger partial charge in [-0.15, -0.1) is 0 Å². The van der Waals surface area contributed by atoms with Crippen molar-refractivity contribution in [2.75, 3.05) is 0 Å². The Morgan fingerprint density at radius 1 is 1.00 bits per heavy atom. The lowest BCUT2D eigenvalue weighted by Gasteiger charge is -2.26. The SMILES string of the molecule is CC1CCCCCCC(=O)C(C)C1C. The predicted molar refractivity (Wildman–Crippen MR) is 60.2 cm³/mol. The molecule has 0 aromatic rings. The highest BCUT2D eigenvalue weighted by Gasteiger charge is 2.24. The second kappa shape index (κ2) is 5.53. The van der Waals surface area contributed by atoms with Crippen molar-refractivity contribution in [3.63, 3.8) is 0 Å². The van der Waals surface area contributed by atoms with E-state index >= 15 is 0 Å². The summed E-state index contributed by atoms with van der Waals surface area (Å²) in [5.74, 6) is 2.06. The van der Waals surface area contributed by atoms with Gasteiger partial charge >= 0.3 is 0 Å². The molecule has 0 bridgehead atoms. The van der Waals surface area contributed by atoms with E-state index in [1.807, 2.05) is 0 Å². The van der Waals surface area contributed by atoms with Gasteiger partial charge in [0.1, 0.15) is 5.78 Å². The van der Waals surface area contributed by atoms with Crippen LogP contribution in [0.15, 0.2) is 0 Å². The molecule has 14 heavy (non-hydrogen) atoms. The second-order valence-electron chi connectivity index (χ2n) is 5.04. The minimum atomic E-state index is 0.281. The topological polar surface area (TPSA) is 17.1 Å². The third-order valence-electron chi connectivity index (χ3n) is 4.03. The average Bonchev–Trinajstić information content (AvgIpc) is 2.19. The Morgan fingerprint density at radius 2 is 1.64 bits per heavy atom. The van der Waals surface area contributed by atoms with E-state index in [2.05, 4.69) is 20.8 Å². The number of ketones is 1. The molecule has 1 heteroatoms. The van der Waals surface area contributed by atoms with Crippen molar-refractivity contribution in [1.82, 2.24) is 0 Å². The summed E-state index contributed by atoms with van der Waals surface area (Å²) in [6.45, 7) is 6.66. The van der Waals surface area contributed by atoms with Crippen molar-refractivity contribution in [2.45, 2.75) is 59.3 Å². The van der Waals surface area contributed by atoms with Crippen molar-refractivity contribution in [1.29, 1.82) is 0 Å². The number of hydrogen-bond donors (Lipinski definition) is 0. The molecule has 1 nitrogen and oxygen atoms in total. The van der Waals surface area contributed by atoms with E-state index in [0.717, 1.165) is 12.8 Å². The quantitative estimate of drug-likeness (QED) is 0.575. The summed E-state index contributed by atoms with van der Waals surface area (Å²) < 4.78 is 0. The van der Waals surface area contributed by atoms with E-state index in [1.54, 1.807) is 0 Å². The molecule has 0 N–H and O–H groups in total. The monoisotopic (exact) mass is 196 g/mol. The summed E-state index contributed by atoms with van der Waals surface area (Å²) in [7, 11) is 0. The summed E-state index contributed by atoms with van der Waals surface area (Å²) in [6.07, 6.45) is 7.16. The van der Waals surface area contributed by atoms with Crippen LogP contribution < -0.4 is 0 Å². The lowest BCUT2D eigenvalue weighted by atomic mass is 9.78. The zero-order chi connectivity index (χ0) is 10.6. The van der Waals surface area contributed by atoms with Gasteiger partial charge in [-0.3, -0.25) is 4.79 Å². The van der Waals surface area contributed by atoms with Crippen LogP contribution in [-0.2, 0) is 4.79 Å². The number of rotatable bonds is 0. The molecule has 0 heterocycles. The summed E-state index contributed by atoms with van der Waals surface area (Å²) in [4.78, 5) is 11.8. The molecule has 82 valence electrons. The van der Waals surface area contributed by atoms with Crippen LogP contribution >= 0.6 is 0 Å². The van der Waals surface area contributed by atoms with Crippen LogP contribution in [0.5, 0.6) is 0 Å². The zero-order valence-corrected chi connectivity index (χ0v) is 9.88. The van der Waals surface area contributed by atoms with E-state index in [1.165, 1.54) is 25.7 Å². The Kier molecular flexibility index (Phi) is 4.64. The van der Waals surface area contributed by atoms with Gasteiger partial charge in [0.25, 0.3) is 0 Å². The molecule has 0 aromatic heterocycles. The molecular formula is C13H24O. The van der Waals surface area contributed by atoms with E-state index in [9.17, 15) is 4.79 Å². The summed E-state index contributed by atoms with van der Waals surface area (Å²) in [6, 6.07) is 0. The minimum absolute atomic E-state index is 0.281. The highest BCUT2D eigenvalue weighted by atomic mass is 16.1. The van der Waals surface area contributed by atoms with Gasteiger partial charge in [-0.25, -0.2) is 0 Å². The van der Waals surface area contributed by atoms with Crippen LogP contribution in [-0.4, -0.2) is 5.78 Å². The molecule has 0 saturated heterocycles. The first kappa shape index (κ1) is 11.7. The van der Waals surface area contributed by atoms with Crippen molar-refractivity contribution in [3.8, 4) is 0 Å². The van der Waals surface area contributed by atoms with Crippen molar-refractivity contribution < 1.29 is 4.79 Å². The largest absolute Gasteiger partial charge is 0.299 e. The third kappa shape index (κ3) is 3.11. The standard InChI is InChI=1S/C13H24O/c1-10-8-6-4-5-7-9-13(14)12(3)11(10)2/h10-12H,4-9H2,1-3H3. The van der Waals surface area contributed by atoms with Crippen molar-refractivity contribution >= 4 is 5.78 Å². The smallest absolute Gasteiger partial charge is 0.135 e. The van der Waals surface area contributed by atoms with Crippen LogP contribution in [0.2, 0.25) is 0 Å². The molecule has 1 saturated carbocycles. The first-order valence-corrected chi connectivity index (χ1v) is 6.15. The molecule has 1 aliphatic rings. The Labute approximate surface area is 88.3 Å². The van der Waals surface area contributed by atoms with E-state index in [-0.39, 0.29) is 5.92 Å². The maximum Gasteiger partial charge on any atom is 0.135 e. The lowest BCUT2D eigenvalue weighted by molar-refractivity contribution is -0.124. The Hall–Kier alpha value is -0.330. The molecule has 1 rings (SSSR count). The van der Waals surface area contributed by atoms with Crippen LogP contribution in [0, 0.1) is 17.8 Å². The molecule has 0 radical (unpaired) electrons. The molecule has 0 aromatic carbocycles. The normalized spacial score (nSPS) is 36.8. The molecule has 1 fully saturated rings. The van der Waals surface area contributed by atoms with Gasteiger partial charge in [-0.1, -0.05) is 46.5 Å². The predicted octanol–water partition coefficient (Wildman–Crippen LogP) is 3.82. The van der Waals surface area contributed by atoms with E-state index in [4.69, 9.17) is 0 Å². The number of carbonyl (C=O) groups excluding carboxylic acids is 1. The molecule has 0 amide bonds. The lowest BCUT2D eigenvalue weighted by Crippen LogP contribution is -2.24. The van der Waals surface area contributed by atoms with Crippen molar-refractivity contribution in [3.05, 3.63) is 0 Å². The highest BCUT2D eigenvalue weighted by Crippen LogP contribution is 2.28. The first-order valence-electron chi connectivity index (χ1n) is 6.15. The Balaban J connectivity index is 2.57. The number of carbonyl (C=O) groups is 1. The minimum Gasteiger partial charge on any atom is -0.299 e. The maximum atomic E-state index is 11.8. The zero-order valence-electron chi connectivity index (χ0n) is 9.88. The Morgan fingerprint density at radius 3 is 2.36 bits per heavy atom. The molecule has 3 unspecified atom stereocenters. The van der Waals surface area contributed by atoms with Gasteiger partial charge in [0.15, 0.2) is 0 Å². The summed E-state index contributed by atoms with van der Waals surface area (Å²) >= 11 is 0. The van der Waals surface area contributed by atoms with E-state index < -0.39 is 0 Å². The summed E-state index contributed by atoms with van der Waals surface area (Å²) in [5.41, 5.74) is 0.